The van der Waals surface area contributed by atoms with Crippen LogP contribution in [-0.4, -0.2) is 18.6 Å². The Kier molecular flexibility index (Phi) is 6.16. The summed E-state index contributed by atoms with van der Waals surface area (Å²) in [5.74, 6) is 0.187. The number of methoxy groups -OCH3 is 1. The van der Waals surface area contributed by atoms with E-state index in [1.165, 1.54) is 13.2 Å². The maximum Gasteiger partial charge on any atom is 0.119 e. The molecule has 20 heavy (non-hydrogen) atoms. The van der Waals surface area contributed by atoms with E-state index in [9.17, 15) is 4.39 Å². The number of benzene rings is 1. The quantitative estimate of drug-likeness (QED) is 0.772. The van der Waals surface area contributed by atoms with Crippen molar-refractivity contribution in [2.45, 2.75) is 13.8 Å². The van der Waals surface area contributed by atoms with Crippen LogP contribution < -0.4 is 4.74 Å². The third-order valence-corrected chi connectivity index (χ3v) is 3.22. The first kappa shape index (κ1) is 17.1. The zero-order chi connectivity index (χ0) is 14.0. The maximum atomic E-state index is 14.1. The molecule has 0 aromatic heterocycles. The molecule has 0 N–H and O–H groups in total. The Morgan fingerprint density at radius 1 is 1.40 bits per heavy atom. The van der Waals surface area contributed by atoms with E-state index < -0.39 is 0 Å². The SMILES string of the molecule is C=C1C(C)=C[C-]=C(c2ccc(OC)cc2F)N1CC.[Y]. The summed E-state index contributed by atoms with van der Waals surface area (Å²) in [6.45, 7) is 8.73. The van der Waals surface area contributed by atoms with Gasteiger partial charge in [-0.3, -0.25) is 0 Å². The van der Waals surface area contributed by atoms with Gasteiger partial charge in [-0.25, -0.2) is 4.39 Å². The molecule has 0 unspecified atom stereocenters. The number of likely N-dealkylation sites (N-methyl/N-ethyl adjacent to an activating group) is 1. The molecule has 0 fully saturated rings. The molecule has 0 aliphatic carbocycles. The third kappa shape index (κ3) is 3.21. The molecule has 0 atom stereocenters. The molecule has 4 heteroatoms. The van der Waals surface area contributed by atoms with Crippen LogP contribution in [-0.2, 0) is 32.7 Å². The van der Waals surface area contributed by atoms with Crippen LogP contribution in [0, 0.1) is 11.9 Å². The molecule has 1 radical (unpaired) electrons. The summed E-state index contributed by atoms with van der Waals surface area (Å²) in [6.07, 6.45) is 4.97. The van der Waals surface area contributed by atoms with Gasteiger partial charge >= 0.3 is 0 Å². The van der Waals surface area contributed by atoms with Gasteiger partial charge in [0.1, 0.15) is 5.75 Å². The van der Waals surface area contributed by atoms with Crippen LogP contribution in [0.2, 0.25) is 0 Å². The predicted molar refractivity (Wildman–Crippen MR) is 74.9 cm³/mol. The fourth-order valence-electron chi connectivity index (χ4n) is 2.07. The van der Waals surface area contributed by atoms with Gasteiger partial charge in [-0.2, -0.15) is 12.2 Å². The number of nitrogens with zero attached hydrogens (tertiary/aromatic N) is 1. The Labute approximate surface area is 144 Å². The van der Waals surface area contributed by atoms with Gasteiger partial charge in [-0.05, 0) is 18.7 Å². The topological polar surface area (TPSA) is 12.5 Å². The molecule has 0 saturated heterocycles. The summed E-state index contributed by atoms with van der Waals surface area (Å²) in [5.41, 5.74) is 3.14. The molecule has 0 amide bonds. The third-order valence-electron chi connectivity index (χ3n) is 3.22. The van der Waals surface area contributed by atoms with Crippen LogP contribution in [0.1, 0.15) is 19.4 Å². The molecule has 0 bridgehead atoms. The van der Waals surface area contributed by atoms with E-state index in [1.807, 2.05) is 24.8 Å². The average Bonchev–Trinajstić information content (AvgIpc) is 2.42. The Morgan fingerprint density at radius 2 is 2.10 bits per heavy atom. The van der Waals surface area contributed by atoms with Gasteiger partial charge in [0, 0.05) is 45.3 Å². The zero-order valence-electron chi connectivity index (χ0n) is 12.0. The second-order valence-electron chi connectivity index (χ2n) is 4.36. The van der Waals surface area contributed by atoms with Crippen LogP contribution in [0.15, 0.2) is 42.1 Å². The van der Waals surface area contributed by atoms with E-state index in [4.69, 9.17) is 4.74 Å². The first-order valence-electron chi connectivity index (χ1n) is 6.19. The second kappa shape index (κ2) is 7.19. The van der Waals surface area contributed by atoms with Crippen LogP contribution in [0.4, 0.5) is 4.39 Å². The molecule has 0 saturated carbocycles. The molecule has 103 valence electrons. The van der Waals surface area contributed by atoms with Gasteiger partial charge in [0.2, 0.25) is 0 Å². The summed E-state index contributed by atoms with van der Waals surface area (Å²) in [6, 6.07) is 4.83. The Morgan fingerprint density at radius 3 is 2.65 bits per heavy atom. The number of hydrogen-bond donors (Lipinski definition) is 0. The molecule has 2 rings (SSSR count). The van der Waals surface area contributed by atoms with Crippen LogP contribution >= 0.6 is 0 Å². The molecule has 1 aromatic carbocycles. The van der Waals surface area contributed by atoms with Gasteiger partial charge in [-0.15, -0.1) is 11.6 Å². The number of rotatable bonds is 3. The standard InChI is InChI=1S/C16H17FNO.Y/c1-5-18-12(3)11(2)6-9-16(18)14-8-7-13(19-4)10-15(14)17;/h6-8,10H,3,5H2,1-2,4H3;/q-1;. The van der Waals surface area contributed by atoms with E-state index in [0.29, 0.717) is 17.0 Å². The van der Waals surface area contributed by atoms with E-state index >= 15 is 0 Å². The molecule has 0 spiro atoms. The molecule has 1 heterocycles. The first-order valence-corrected chi connectivity index (χ1v) is 6.19. The monoisotopic (exact) mass is 347 g/mol. The molecular formula is C16H17FNOY-. The van der Waals surface area contributed by atoms with Gasteiger partial charge in [0.25, 0.3) is 0 Å². The van der Waals surface area contributed by atoms with Crippen LogP contribution in [0.25, 0.3) is 5.70 Å². The van der Waals surface area contributed by atoms with Crippen molar-refractivity contribution in [2.75, 3.05) is 13.7 Å². The van der Waals surface area contributed by atoms with E-state index in [2.05, 4.69) is 12.7 Å². The van der Waals surface area contributed by atoms with Crippen molar-refractivity contribution in [2.24, 2.45) is 0 Å². The van der Waals surface area contributed by atoms with Crippen molar-refractivity contribution in [3.05, 3.63) is 59.6 Å². The predicted octanol–water partition coefficient (Wildman–Crippen LogP) is 3.77. The summed E-state index contributed by atoms with van der Waals surface area (Å²) in [5, 5.41) is 0. The van der Waals surface area contributed by atoms with Gasteiger partial charge in [0.15, 0.2) is 0 Å². The van der Waals surface area contributed by atoms with Gasteiger partial charge < -0.3 is 9.64 Å². The molecule has 2 nitrogen and oxygen atoms in total. The van der Waals surface area contributed by atoms with Crippen molar-refractivity contribution in [1.29, 1.82) is 0 Å². The van der Waals surface area contributed by atoms with Crippen molar-refractivity contribution >= 4 is 5.70 Å². The fraction of sp³-hybridized carbons (Fsp3) is 0.250. The smallest absolute Gasteiger partial charge is 0.119 e. The minimum atomic E-state index is -0.318. The molecule has 1 aromatic rings. The number of hydrogen-bond acceptors (Lipinski definition) is 2. The minimum Gasteiger partial charge on any atom is -0.497 e. The molecule has 1 aliphatic heterocycles. The summed E-state index contributed by atoms with van der Waals surface area (Å²) in [4.78, 5) is 1.96. The van der Waals surface area contributed by atoms with Crippen molar-refractivity contribution in [3.63, 3.8) is 0 Å². The number of ether oxygens (including phenoxy) is 1. The average molecular weight is 347 g/mol. The normalized spacial score (nSPS) is 14.4. The Balaban J connectivity index is 0.00000200. The van der Waals surface area contributed by atoms with E-state index in [1.54, 1.807) is 12.1 Å². The summed E-state index contributed by atoms with van der Waals surface area (Å²) >= 11 is 0. The van der Waals surface area contributed by atoms with Crippen molar-refractivity contribution in [3.8, 4) is 5.75 Å². The first-order chi connectivity index (χ1) is 9.08. The second-order valence-corrected chi connectivity index (χ2v) is 4.36. The van der Waals surface area contributed by atoms with Gasteiger partial charge in [0.05, 0.1) is 12.9 Å². The minimum absolute atomic E-state index is 0. The van der Waals surface area contributed by atoms with Crippen molar-refractivity contribution < 1.29 is 41.8 Å². The van der Waals surface area contributed by atoms with Gasteiger partial charge in [-0.1, -0.05) is 24.8 Å². The summed E-state index contributed by atoms with van der Waals surface area (Å²) in [7, 11) is 1.52. The number of halogens is 1. The van der Waals surface area contributed by atoms with Crippen molar-refractivity contribution in [1.82, 2.24) is 4.90 Å². The zero-order valence-corrected chi connectivity index (χ0v) is 14.9. The van der Waals surface area contributed by atoms with Crippen LogP contribution in [0.5, 0.6) is 5.75 Å². The molecular weight excluding hydrogens is 330 g/mol. The molecule has 1 aliphatic rings. The summed E-state index contributed by atoms with van der Waals surface area (Å²) < 4.78 is 19.2. The Bertz CT molecular complexity index is 578. The van der Waals surface area contributed by atoms with Crippen LogP contribution in [0.3, 0.4) is 0 Å². The fourth-order valence-corrected chi connectivity index (χ4v) is 2.07. The Hall–Kier alpha value is -0.926. The van der Waals surface area contributed by atoms with E-state index in [0.717, 1.165) is 17.8 Å². The number of allylic oxidation sites excluding steroid dienone is 3. The maximum absolute atomic E-state index is 14.1. The largest absolute Gasteiger partial charge is 0.497 e. The van der Waals surface area contributed by atoms with E-state index in [-0.39, 0.29) is 38.5 Å².